The van der Waals surface area contributed by atoms with Gasteiger partial charge in [0, 0.05) is 11.1 Å². The van der Waals surface area contributed by atoms with E-state index in [1.54, 1.807) is 34.9 Å². The van der Waals surface area contributed by atoms with Crippen molar-refractivity contribution in [3.8, 4) is 0 Å². The summed E-state index contributed by atoms with van der Waals surface area (Å²) in [5.74, 6) is 0. The van der Waals surface area contributed by atoms with Gasteiger partial charge >= 0.3 is 4.87 Å². The molecule has 1 atom stereocenters. The lowest BCUT2D eigenvalue weighted by Gasteiger charge is -2.19. The molecular weight excluding hydrogens is 464 g/mol. The number of nitrogens with zero attached hydrogens (tertiary/aromatic N) is 1. The Kier molecular flexibility index (Phi) is 6.53. The summed E-state index contributed by atoms with van der Waals surface area (Å²) in [6.45, 7) is 4.32. The lowest BCUT2D eigenvalue weighted by atomic mass is 10.0. The fourth-order valence-corrected chi connectivity index (χ4v) is 6.19. The van der Waals surface area contributed by atoms with Crippen molar-refractivity contribution >= 4 is 43.2 Å². The number of nitrogens with one attached hydrogen (secondary N) is 1. The van der Waals surface area contributed by atoms with Crippen molar-refractivity contribution < 1.29 is 8.42 Å². The van der Waals surface area contributed by atoms with Crippen LogP contribution in [0.2, 0.25) is 5.02 Å². The zero-order valence-electron chi connectivity index (χ0n) is 17.7. The zero-order valence-corrected chi connectivity index (χ0v) is 20.1. The summed E-state index contributed by atoms with van der Waals surface area (Å²) < 4.78 is 31.4. The molecule has 3 aromatic carbocycles. The molecule has 1 aromatic heterocycles. The maximum atomic E-state index is 13.1. The van der Waals surface area contributed by atoms with Crippen molar-refractivity contribution in [2.45, 2.75) is 37.8 Å². The minimum atomic E-state index is -3.76. The molecule has 0 saturated carbocycles. The fraction of sp³-hybridized carbons (Fsp3) is 0.208. The van der Waals surface area contributed by atoms with Crippen LogP contribution in [0.15, 0.2) is 76.4 Å². The zero-order chi connectivity index (χ0) is 22.9. The molecule has 0 spiro atoms. The minimum Gasteiger partial charge on any atom is -0.294 e. The van der Waals surface area contributed by atoms with Crippen LogP contribution in [0.25, 0.3) is 10.2 Å². The molecule has 0 bridgehead atoms. The average Bonchev–Trinajstić information content (AvgIpc) is 3.08. The van der Waals surface area contributed by atoms with Crippen molar-refractivity contribution in [2.24, 2.45) is 0 Å². The number of rotatable bonds is 7. The van der Waals surface area contributed by atoms with Crippen LogP contribution < -0.4 is 9.60 Å². The van der Waals surface area contributed by atoms with Crippen molar-refractivity contribution in [3.63, 3.8) is 0 Å². The summed E-state index contributed by atoms with van der Waals surface area (Å²) in [7, 11) is -3.76. The van der Waals surface area contributed by atoms with Gasteiger partial charge in [0.1, 0.15) is 0 Å². The second-order valence-corrected chi connectivity index (χ2v) is 10.8. The van der Waals surface area contributed by atoms with Gasteiger partial charge in [-0.25, -0.2) is 13.1 Å². The average molecular weight is 487 g/mol. The molecule has 0 amide bonds. The van der Waals surface area contributed by atoms with E-state index in [0.717, 1.165) is 28.0 Å². The summed E-state index contributed by atoms with van der Waals surface area (Å²) in [4.78, 5) is 12.6. The van der Waals surface area contributed by atoms with Gasteiger partial charge in [-0.2, -0.15) is 0 Å². The van der Waals surface area contributed by atoms with Crippen molar-refractivity contribution in [3.05, 3.63) is 98.1 Å². The first-order valence-electron chi connectivity index (χ1n) is 10.2. The quantitative estimate of drug-likeness (QED) is 0.375. The second-order valence-electron chi connectivity index (χ2n) is 7.65. The number of thiazole rings is 1. The third kappa shape index (κ3) is 4.66. The van der Waals surface area contributed by atoms with Crippen LogP contribution in [-0.2, 0) is 16.6 Å². The van der Waals surface area contributed by atoms with Gasteiger partial charge in [-0.15, -0.1) is 0 Å². The summed E-state index contributed by atoms with van der Waals surface area (Å²) in [6, 6.07) is 19.6. The molecular formula is C24H23ClN2O3S2. The van der Waals surface area contributed by atoms with Crippen LogP contribution >= 0.6 is 22.9 Å². The molecule has 8 heteroatoms. The number of aryl methyl sites for hydroxylation is 1. The van der Waals surface area contributed by atoms with Gasteiger partial charge in [-0.3, -0.25) is 9.36 Å². The third-order valence-corrected chi connectivity index (χ3v) is 8.14. The molecule has 0 saturated heterocycles. The predicted octanol–water partition coefficient (Wildman–Crippen LogP) is 5.50. The van der Waals surface area contributed by atoms with E-state index in [4.69, 9.17) is 11.6 Å². The highest BCUT2D eigenvalue weighted by atomic mass is 35.5. The van der Waals surface area contributed by atoms with E-state index in [1.807, 2.05) is 50.2 Å². The Morgan fingerprint density at radius 2 is 1.78 bits per heavy atom. The van der Waals surface area contributed by atoms with Crippen molar-refractivity contribution in [1.29, 1.82) is 0 Å². The Labute approximate surface area is 196 Å². The van der Waals surface area contributed by atoms with Crippen LogP contribution in [-0.4, -0.2) is 13.0 Å². The van der Waals surface area contributed by atoms with Crippen LogP contribution in [0.5, 0.6) is 0 Å². The molecule has 32 heavy (non-hydrogen) atoms. The number of sulfonamides is 1. The summed E-state index contributed by atoms with van der Waals surface area (Å²) in [5.41, 5.74) is 3.65. The molecule has 0 fully saturated rings. The van der Waals surface area contributed by atoms with E-state index in [2.05, 4.69) is 4.72 Å². The van der Waals surface area contributed by atoms with E-state index in [0.29, 0.717) is 28.2 Å². The maximum Gasteiger partial charge on any atom is 0.308 e. The molecule has 166 valence electrons. The van der Waals surface area contributed by atoms with E-state index < -0.39 is 10.0 Å². The number of fused-ring (bicyclic) bond motifs is 1. The van der Waals surface area contributed by atoms with Gasteiger partial charge in [0.25, 0.3) is 0 Å². The second kappa shape index (κ2) is 9.19. The number of aromatic nitrogens is 1. The Hall–Kier alpha value is -2.45. The summed E-state index contributed by atoms with van der Waals surface area (Å²) in [6.07, 6.45) is 0.622. The lowest BCUT2D eigenvalue weighted by Crippen LogP contribution is -2.28. The van der Waals surface area contributed by atoms with E-state index in [1.165, 1.54) is 0 Å². The Morgan fingerprint density at radius 1 is 1.06 bits per heavy atom. The monoisotopic (exact) mass is 486 g/mol. The predicted molar refractivity (Wildman–Crippen MR) is 131 cm³/mol. The lowest BCUT2D eigenvalue weighted by molar-refractivity contribution is 0.549. The van der Waals surface area contributed by atoms with E-state index in [-0.39, 0.29) is 15.8 Å². The molecule has 4 aromatic rings. The molecule has 0 aliphatic heterocycles. The van der Waals surface area contributed by atoms with Gasteiger partial charge in [-0.05, 0) is 60.4 Å². The van der Waals surface area contributed by atoms with Gasteiger partial charge in [0.05, 0.1) is 21.7 Å². The minimum absolute atomic E-state index is 0.135. The normalized spacial score (nSPS) is 12.8. The molecule has 1 heterocycles. The number of hydrogen-bond donors (Lipinski definition) is 1. The summed E-state index contributed by atoms with van der Waals surface area (Å²) >= 11 is 6.99. The van der Waals surface area contributed by atoms with Gasteiger partial charge in [0.2, 0.25) is 10.0 Å². The van der Waals surface area contributed by atoms with E-state index in [9.17, 15) is 13.2 Å². The van der Waals surface area contributed by atoms with Crippen LogP contribution in [0.4, 0.5) is 0 Å². The van der Waals surface area contributed by atoms with E-state index >= 15 is 0 Å². The Balaban J connectivity index is 1.65. The van der Waals surface area contributed by atoms with Crippen molar-refractivity contribution in [2.75, 3.05) is 0 Å². The number of hydrogen-bond acceptors (Lipinski definition) is 4. The maximum absolute atomic E-state index is 13.1. The molecule has 0 radical (unpaired) electrons. The first-order valence-corrected chi connectivity index (χ1v) is 12.9. The van der Waals surface area contributed by atoms with Gasteiger partial charge < -0.3 is 0 Å². The number of benzene rings is 3. The first-order chi connectivity index (χ1) is 15.3. The van der Waals surface area contributed by atoms with Crippen LogP contribution in [0.1, 0.15) is 36.1 Å². The topological polar surface area (TPSA) is 68.2 Å². The van der Waals surface area contributed by atoms with Crippen LogP contribution in [0, 0.1) is 6.92 Å². The van der Waals surface area contributed by atoms with Crippen molar-refractivity contribution in [1.82, 2.24) is 9.29 Å². The highest BCUT2D eigenvalue weighted by molar-refractivity contribution is 7.89. The third-order valence-electron chi connectivity index (χ3n) is 5.47. The molecule has 0 aliphatic carbocycles. The number of halogens is 1. The molecule has 1 N–H and O–H groups in total. The highest BCUT2D eigenvalue weighted by Crippen LogP contribution is 2.26. The Bertz CT molecular complexity index is 1420. The molecule has 0 unspecified atom stereocenters. The largest absolute Gasteiger partial charge is 0.308 e. The SMILES string of the molecule is CC[C@@H](NS(=O)(=O)c1ccc2c(c1)sc(=O)n2Cc1ccc(Cl)cc1)c1ccccc1C. The molecule has 4 rings (SSSR count). The smallest absolute Gasteiger partial charge is 0.294 e. The fourth-order valence-electron chi connectivity index (χ4n) is 3.74. The molecule has 5 nitrogen and oxygen atoms in total. The van der Waals surface area contributed by atoms with Gasteiger partial charge in [-0.1, -0.05) is 66.3 Å². The van der Waals surface area contributed by atoms with Crippen LogP contribution in [0.3, 0.4) is 0 Å². The summed E-state index contributed by atoms with van der Waals surface area (Å²) in [5, 5.41) is 0.634. The van der Waals surface area contributed by atoms with Gasteiger partial charge in [0.15, 0.2) is 0 Å². The standard InChI is InChI=1S/C24H23ClN2O3S2/c1-3-21(20-7-5-4-6-16(20)2)26-32(29,30)19-12-13-22-23(14-19)31-24(28)27(22)15-17-8-10-18(25)11-9-17/h4-14,21,26H,3,15H2,1-2H3/t21-/m1/s1. The highest BCUT2D eigenvalue weighted by Gasteiger charge is 2.22. The molecule has 0 aliphatic rings. The first kappa shape index (κ1) is 22.7. The Morgan fingerprint density at radius 3 is 2.47 bits per heavy atom.